The van der Waals surface area contributed by atoms with Crippen LogP contribution in [0.1, 0.15) is 12.5 Å². The zero-order chi connectivity index (χ0) is 24.9. The van der Waals surface area contributed by atoms with Crippen LogP contribution in [0.5, 0.6) is 0 Å². The molecule has 0 unspecified atom stereocenters. The molecule has 0 aliphatic carbocycles. The molecule has 2 aromatic heterocycles. The number of thioether (sulfide) groups is 1. The Bertz CT molecular complexity index is 1550. The van der Waals surface area contributed by atoms with Crippen molar-refractivity contribution < 1.29 is 14.4 Å². The maximum absolute atomic E-state index is 12.4. The molecule has 0 atom stereocenters. The van der Waals surface area contributed by atoms with Gasteiger partial charge in [0.2, 0.25) is 11.8 Å². The zero-order valence-electron chi connectivity index (χ0n) is 19.3. The topological polar surface area (TPSA) is 114 Å². The first-order valence-electron chi connectivity index (χ1n) is 11.1. The van der Waals surface area contributed by atoms with Gasteiger partial charge in [-0.1, -0.05) is 77.6 Å². The molecule has 0 aliphatic rings. The number of rotatable bonds is 7. The van der Waals surface area contributed by atoms with E-state index in [1.54, 1.807) is 31.2 Å². The highest BCUT2D eigenvalue weighted by atomic mass is 32.2. The third kappa shape index (κ3) is 5.11. The molecule has 0 saturated carbocycles. The number of hydrogen-bond donors (Lipinski definition) is 2. The van der Waals surface area contributed by atoms with E-state index in [1.165, 1.54) is 0 Å². The van der Waals surface area contributed by atoms with Crippen molar-refractivity contribution in [3.63, 3.8) is 0 Å². The fraction of sp³-hybridized carbons (Fsp3) is 0.0741. The molecule has 5 aromatic rings. The maximum atomic E-state index is 12.4. The average molecular weight is 496 g/mol. The van der Waals surface area contributed by atoms with Crippen LogP contribution in [0.15, 0.2) is 99.7 Å². The van der Waals surface area contributed by atoms with Crippen LogP contribution in [0, 0.1) is 0 Å². The van der Waals surface area contributed by atoms with Crippen molar-refractivity contribution in [2.75, 3.05) is 11.1 Å². The standard InChI is InChI=1S/C27H21N5O3S/c1-17(32-34)18-11-13-20(14-12-18)28-25(33)16-36-27-31-30-26(35-27)22-15-24(19-7-3-2-4-8-19)29-23-10-6-5-9-21(22)23/h2-15,34H,16H2,1H3,(H,28,33)/b32-17-. The van der Waals surface area contributed by atoms with Gasteiger partial charge in [-0.25, -0.2) is 4.98 Å². The number of nitrogens with one attached hydrogen (secondary N) is 1. The Hall–Kier alpha value is -4.50. The minimum atomic E-state index is -0.208. The summed E-state index contributed by atoms with van der Waals surface area (Å²) >= 11 is 1.16. The monoisotopic (exact) mass is 495 g/mol. The number of carbonyl (C=O) groups is 1. The number of benzene rings is 3. The molecule has 0 saturated heterocycles. The van der Waals surface area contributed by atoms with Crippen LogP contribution in [0.2, 0.25) is 0 Å². The van der Waals surface area contributed by atoms with E-state index < -0.39 is 0 Å². The number of fused-ring (bicyclic) bond motifs is 1. The zero-order valence-corrected chi connectivity index (χ0v) is 20.1. The summed E-state index contributed by atoms with van der Waals surface area (Å²) in [6.45, 7) is 1.69. The molecular formula is C27H21N5O3S. The van der Waals surface area contributed by atoms with Crippen LogP contribution in [0.4, 0.5) is 5.69 Å². The molecule has 0 aliphatic heterocycles. The van der Waals surface area contributed by atoms with Crippen molar-refractivity contribution >= 4 is 40.0 Å². The van der Waals surface area contributed by atoms with Crippen LogP contribution in [0.3, 0.4) is 0 Å². The second-order valence-electron chi connectivity index (χ2n) is 7.91. The van der Waals surface area contributed by atoms with Crippen LogP contribution in [0.25, 0.3) is 33.6 Å². The molecule has 0 fully saturated rings. The summed E-state index contributed by atoms with van der Waals surface area (Å²) in [5.41, 5.74) is 5.30. The van der Waals surface area contributed by atoms with Gasteiger partial charge in [0.15, 0.2) is 0 Å². The van der Waals surface area contributed by atoms with Crippen LogP contribution < -0.4 is 5.32 Å². The lowest BCUT2D eigenvalue weighted by Crippen LogP contribution is -2.14. The first-order chi connectivity index (χ1) is 17.6. The van der Waals surface area contributed by atoms with Crippen molar-refractivity contribution in [3.8, 4) is 22.7 Å². The van der Waals surface area contributed by atoms with Crippen LogP contribution >= 0.6 is 11.8 Å². The number of anilines is 1. The second-order valence-corrected chi connectivity index (χ2v) is 8.84. The molecule has 2 heterocycles. The average Bonchev–Trinajstić information content (AvgIpc) is 3.41. The Labute approximate surface area is 211 Å². The highest BCUT2D eigenvalue weighted by molar-refractivity contribution is 7.99. The maximum Gasteiger partial charge on any atom is 0.277 e. The number of aromatic nitrogens is 3. The van der Waals surface area contributed by atoms with Crippen molar-refractivity contribution in [1.29, 1.82) is 0 Å². The van der Waals surface area contributed by atoms with Gasteiger partial charge in [0.05, 0.1) is 28.2 Å². The van der Waals surface area contributed by atoms with E-state index in [4.69, 9.17) is 14.6 Å². The Balaban J connectivity index is 1.31. The molecular weight excluding hydrogens is 474 g/mol. The summed E-state index contributed by atoms with van der Waals surface area (Å²) in [4.78, 5) is 17.2. The summed E-state index contributed by atoms with van der Waals surface area (Å²) < 4.78 is 5.92. The molecule has 178 valence electrons. The minimum absolute atomic E-state index is 0.104. The largest absolute Gasteiger partial charge is 0.411 e. The SMILES string of the molecule is C/C(=N/O)c1ccc(NC(=O)CSc2nnc(-c3cc(-c4ccccc4)nc4ccccc34)o2)cc1. The molecule has 2 N–H and O–H groups in total. The van der Waals surface area contributed by atoms with E-state index in [0.717, 1.165) is 45.0 Å². The van der Waals surface area contributed by atoms with E-state index in [1.807, 2.05) is 60.7 Å². The van der Waals surface area contributed by atoms with Crippen LogP contribution in [-0.4, -0.2) is 37.8 Å². The summed E-state index contributed by atoms with van der Waals surface area (Å²) in [7, 11) is 0. The van der Waals surface area contributed by atoms with Crippen molar-refractivity contribution in [2.24, 2.45) is 5.16 Å². The number of para-hydroxylation sites is 1. The molecule has 0 spiro atoms. The summed E-state index contributed by atoms with van der Waals surface area (Å²) in [5, 5.41) is 24.4. The van der Waals surface area contributed by atoms with E-state index in [2.05, 4.69) is 20.7 Å². The van der Waals surface area contributed by atoms with Crippen molar-refractivity contribution in [3.05, 3.63) is 90.5 Å². The summed E-state index contributed by atoms with van der Waals surface area (Å²) in [6, 6.07) is 26.7. The fourth-order valence-electron chi connectivity index (χ4n) is 3.66. The van der Waals surface area contributed by atoms with E-state index in [0.29, 0.717) is 22.5 Å². The third-order valence-corrected chi connectivity index (χ3v) is 6.30. The molecule has 9 heteroatoms. The first-order valence-corrected chi connectivity index (χ1v) is 12.1. The molecule has 36 heavy (non-hydrogen) atoms. The third-order valence-electron chi connectivity index (χ3n) is 5.49. The number of oxime groups is 1. The predicted octanol–water partition coefficient (Wildman–Crippen LogP) is 5.88. The quantitative estimate of drug-likeness (QED) is 0.125. The van der Waals surface area contributed by atoms with E-state index >= 15 is 0 Å². The van der Waals surface area contributed by atoms with E-state index in [-0.39, 0.29) is 11.7 Å². The van der Waals surface area contributed by atoms with E-state index in [9.17, 15) is 4.79 Å². The lowest BCUT2D eigenvalue weighted by Gasteiger charge is -2.07. The Morgan fingerprint density at radius 2 is 1.75 bits per heavy atom. The minimum Gasteiger partial charge on any atom is -0.411 e. The van der Waals surface area contributed by atoms with Gasteiger partial charge in [-0.15, -0.1) is 10.2 Å². The molecule has 5 rings (SSSR count). The fourth-order valence-corrected chi connectivity index (χ4v) is 4.23. The Morgan fingerprint density at radius 3 is 2.53 bits per heavy atom. The number of amides is 1. The lowest BCUT2D eigenvalue weighted by atomic mass is 10.0. The number of pyridine rings is 1. The summed E-state index contributed by atoms with van der Waals surface area (Å²) in [6.07, 6.45) is 0. The predicted molar refractivity (Wildman–Crippen MR) is 140 cm³/mol. The lowest BCUT2D eigenvalue weighted by molar-refractivity contribution is -0.113. The highest BCUT2D eigenvalue weighted by Crippen LogP contribution is 2.32. The molecule has 1 amide bonds. The van der Waals surface area contributed by atoms with Gasteiger partial charge < -0.3 is 14.9 Å². The van der Waals surface area contributed by atoms with Gasteiger partial charge in [0, 0.05) is 16.6 Å². The Kier molecular flexibility index (Phi) is 6.72. The molecule has 0 radical (unpaired) electrons. The van der Waals surface area contributed by atoms with Crippen LogP contribution in [-0.2, 0) is 4.79 Å². The smallest absolute Gasteiger partial charge is 0.277 e. The normalized spacial score (nSPS) is 11.5. The van der Waals surface area contributed by atoms with Gasteiger partial charge in [-0.2, -0.15) is 0 Å². The number of carbonyl (C=O) groups excluding carboxylic acids is 1. The second kappa shape index (κ2) is 10.4. The highest BCUT2D eigenvalue weighted by Gasteiger charge is 2.16. The van der Waals surface area contributed by atoms with Gasteiger partial charge in [-0.3, -0.25) is 4.79 Å². The van der Waals surface area contributed by atoms with Gasteiger partial charge in [0.1, 0.15) is 0 Å². The van der Waals surface area contributed by atoms with Gasteiger partial charge in [-0.05, 0) is 36.8 Å². The summed E-state index contributed by atoms with van der Waals surface area (Å²) in [5.74, 6) is 0.262. The first kappa shape index (κ1) is 23.3. The molecule has 3 aromatic carbocycles. The number of hydrogen-bond acceptors (Lipinski definition) is 8. The van der Waals surface area contributed by atoms with Gasteiger partial charge >= 0.3 is 0 Å². The van der Waals surface area contributed by atoms with Crippen molar-refractivity contribution in [1.82, 2.24) is 15.2 Å². The molecule has 8 nitrogen and oxygen atoms in total. The Morgan fingerprint density at radius 1 is 1.00 bits per heavy atom. The number of nitrogens with zero attached hydrogens (tertiary/aromatic N) is 4. The molecule has 0 bridgehead atoms. The van der Waals surface area contributed by atoms with Gasteiger partial charge in [0.25, 0.3) is 5.22 Å². The van der Waals surface area contributed by atoms with Crippen molar-refractivity contribution in [2.45, 2.75) is 12.1 Å².